The molecule has 122 valence electrons. The summed E-state index contributed by atoms with van der Waals surface area (Å²) in [6, 6.07) is 13.7. The molecule has 0 bridgehead atoms. The minimum atomic E-state index is -5.51. The van der Waals surface area contributed by atoms with Crippen molar-refractivity contribution in [1.29, 1.82) is 0 Å². The topological polar surface area (TPSA) is 63.2 Å². The summed E-state index contributed by atoms with van der Waals surface area (Å²) in [6.45, 7) is 0. The average Bonchev–Trinajstić information content (AvgIpc) is 2.47. The van der Waals surface area contributed by atoms with Crippen molar-refractivity contribution in [2.24, 2.45) is 0 Å². The van der Waals surface area contributed by atoms with Crippen LogP contribution in [0.5, 0.6) is 0 Å². The van der Waals surface area contributed by atoms with E-state index in [0.29, 0.717) is 0 Å². The van der Waals surface area contributed by atoms with Gasteiger partial charge >= 0.3 is 15.5 Å². The molecule has 23 heavy (non-hydrogen) atoms. The maximum atomic E-state index is 12.3. The third-order valence-electron chi connectivity index (χ3n) is 2.95. The fourth-order valence-corrected chi connectivity index (χ4v) is 2.41. The first kappa shape index (κ1) is 17.0. The van der Waals surface area contributed by atoms with E-state index in [2.05, 4.69) is 0 Å². The third kappa shape index (κ3) is 4.32. The Balaban J connectivity index is 2.19. The summed E-state index contributed by atoms with van der Waals surface area (Å²) in [4.78, 5) is 12.1. The van der Waals surface area contributed by atoms with E-state index in [0.717, 1.165) is 17.7 Å². The molecule has 0 saturated carbocycles. The van der Waals surface area contributed by atoms with Gasteiger partial charge in [-0.05, 0) is 17.7 Å². The molecule has 0 radical (unpaired) electrons. The fourth-order valence-electron chi connectivity index (χ4n) is 1.85. The van der Waals surface area contributed by atoms with Crippen molar-refractivity contribution in [2.75, 3.05) is 4.72 Å². The lowest BCUT2D eigenvalue weighted by atomic mass is 10.0. The van der Waals surface area contributed by atoms with E-state index in [4.69, 9.17) is 0 Å². The van der Waals surface area contributed by atoms with Crippen LogP contribution >= 0.6 is 0 Å². The van der Waals surface area contributed by atoms with E-state index < -0.39 is 15.5 Å². The predicted octanol–water partition coefficient (Wildman–Crippen LogP) is 3.37. The van der Waals surface area contributed by atoms with E-state index in [9.17, 15) is 26.4 Å². The average molecular weight is 343 g/mol. The number of alkyl halides is 3. The number of hydrogen-bond donors (Lipinski definition) is 1. The maximum Gasteiger partial charge on any atom is 0.516 e. The third-order valence-corrected chi connectivity index (χ3v) is 4.06. The highest BCUT2D eigenvalue weighted by atomic mass is 32.2. The summed E-state index contributed by atoms with van der Waals surface area (Å²) in [5.41, 5.74) is -4.87. The summed E-state index contributed by atoms with van der Waals surface area (Å²) >= 11 is 0. The number of Topliss-reactive ketones (excluding diaryl/α,β-unsaturated/α-hetero) is 1. The quantitative estimate of drug-likeness (QED) is 0.847. The molecule has 4 nitrogen and oxygen atoms in total. The van der Waals surface area contributed by atoms with Gasteiger partial charge in [-0.1, -0.05) is 42.5 Å². The number of nitrogens with one attached hydrogen (secondary N) is 1. The van der Waals surface area contributed by atoms with E-state index in [1.54, 1.807) is 30.3 Å². The van der Waals surface area contributed by atoms with E-state index >= 15 is 0 Å². The smallest absolute Gasteiger partial charge is 0.294 e. The number of sulfonamides is 1. The van der Waals surface area contributed by atoms with Gasteiger partial charge in [0.2, 0.25) is 0 Å². The predicted molar refractivity (Wildman–Crippen MR) is 79.5 cm³/mol. The normalized spacial score (nSPS) is 12.0. The molecule has 0 atom stereocenters. The zero-order chi connectivity index (χ0) is 17.1. The molecule has 2 aromatic rings. The first-order valence-corrected chi connectivity index (χ1v) is 7.93. The van der Waals surface area contributed by atoms with Crippen molar-refractivity contribution in [2.45, 2.75) is 11.9 Å². The number of ketones is 1. The van der Waals surface area contributed by atoms with Crippen LogP contribution in [0.1, 0.15) is 15.9 Å². The molecule has 0 saturated heterocycles. The molecular formula is C15H12F3NO3S. The minimum absolute atomic E-state index is 0.0658. The fraction of sp³-hybridized carbons (Fsp3) is 0.133. The highest BCUT2D eigenvalue weighted by molar-refractivity contribution is 7.93. The van der Waals surface area contributed by atoms with Crippen LogP contribution in [0.2, 0.25) is 0 Å². The van der Waals surface area contributed by atoms with Gasteiger partial charge in [0.1, 0.15) is 0 Å². The molecule has 8 heteroatoms. The van der Waals surface area contributed by atoms with Crippen LogP contribution in [0.25, 0.3) is 0 Å². The number of rotatable bonds is 5. The molecule has 0 amide bonds. The first-order chi connectivity index (χ1) is 10.7. The second-order valence-electron chi connectivity index (χ2n) is 4.72. The first-order valence-electron chi connectivity index (χ1n) is 6.45. The zero-order valence-corrected chi connectivity index (χ0v) is 12.5. The molecule has 1 N–H and O–H groups in total. The summed E-state index contributed by atoms with van der Waals surface area (Å²) in [7, 11) is -5.51. The second-order valence-corrected chi connectivity index (χ2v) is 6.39. The van der Waals surface area contributed by atoms with Crippen LogP contribution in [0, 0.1) is 0 Å². The SMILES string of the molecule is O=C(Cc1ccccc1)c1cccc(NS(=O)(=O)C(F)(F)F)c1. The monoisotopic (exact) mass is 343 g/mol. The Morgan fingerprint density at radius 1 is 1.00 bits per heavy atom. The van der Waals surface area contributed by atoms with Gasteiger partial charge in [-0.3, -0.25) is 9.52 Å². The largest absolute Gasteiger partial charge is 0.516 e. The molecule has 0 aliphatic heterocycles. The minimum Gasteiger partial charge on any atom is -0.294 e. The molecule has 0 spiro atoms. The van der Waals surface area contributed by atoms with Crippen LogP contribution in [0.4, 0.5) is 18.9 Å². The number of hydrogen-bond acceptors (Lipinski definition) is 3. The van der Waals surface area contributed by atoms with Gasteiger partial charge in [0.05, 0.1) is 0 Å². The van der Waals surface area contributed by atoms with Crippen molar-refractivity contribution in [3.05, 3.63) is 65.7 Å². The van der Waals surface area contributed by atoms with Crippen LogP contribution in [0.3, 0.4) is 0 Å². The number of anilines is 1. The number of halogens is 3. The Labute approximate surface area is 131 Å². The van der Waals surface area contributed by atoms with Crippen molar-refractivity contribution in [3.8, 4) is 0 Å². The van der Waals surface area contributed by atoms with Gasteiger partial charge in [-0.2, -0.15) is 21.6 Å². The summed E-state index contributed by atoms with van der Waals surface area (Å²) in [5, 5.41) is 0. The second kappa shape index (κ2) is 6.41. The number of carbonyl (C=O) groups is 1. The van der Waals surface area contributed by atoms with Gasteiger partial charge in [-0.25, -0.2) is 0 Å². The Bertz CT molecular complexity index is 802. The molecule has 0 aliphatic rings. The standard InChI is InChI=1S/C15H12F3NO3S/c16-15(17,18)23(21,22)19-13-8-4-7-12(10-13)14(20)9-11-5-2-1-3-6-11/h1-8,10,19H,9H2. The van der Waals surface area contributed by atoms with Crippen molar-refractivity contribution in [3.63, 3.8) is 0 Å². The summed E-state index contributed by atoms with van der Waals surface area (Å²) < 4.78 is 60.6. The lowest BCUT2D eigenvalue weighted by molar-refractivity contribution is -0.0429. The molecule has 0 aromatic heterocycles. The lowest BCUT2D eigenvalue weighted by Crippen LogP contribution is -2.29. The zero-order valence-electron chi connectivity index (χ0n) is 11.7. The Hall–Kier alpha value is -2.35. The van der Waals surface area contributed by atoms with Gasteiger partial charge in [0.15, 0.2) is 5.78 Å². The van der Waals surface area contributed by atoms with E-state index in [-0.39, 0.29) is 23.5 Å². The maximum absolute atomic E-state index is 12.3. The molecule has 0 unspecified atom stereocenters. The van der Waals surface area contributed by atoms with Crippen molar-refractivity contribution >= 4 is 21.5 Å². The van der Waals surface area contributed by atoms with Gasteiger partial charge in [0, 0.05) is 17.7 Å². The van der Waals surface area contributed by atoms with E-state index in [1.807, 2.05) is 0 Å². The Morgan fingerprint density at radius 3 is 2.26 bits per heavy atom. The molecule has 2 aromatic carbocycles. The van der Waals surface area contributed by atoms with Crippen molar-refractivity contribution in [1.82, 2.24) is 0 Å². The molecule has 0 aliphatic carbocycles. The van der Waals surface area contributed by atoms with Crippen LogP contribution in [-0.2, 0) is 16.4 Å². The van der Waals surface area contributed by atoms with Crippen molar-refractivity contribution < 1.29 is 26.4 Å². The number of carbonyl (C=O) groups excluding carboxylic acids is 1. The van der Waals surface area contributed by atoms with Crippen LogP contribution in [0.15, 0.2) is 54.6 Å². The number of benzene rings is 2. The molecule has 2 rings (SSSR count). The van der Waals surface area contributed by atoms with Gasteiger partial charge in [-0.15, -0.1) is 0 Å². The molecule has 0 fully saturated rings. The van der Waals surface area contributed by atoms with Gasteiger partial charge < -0.3 is 0 Å². The van der Waals surface area contributed by atoms with Crippen LogP contribution < -0.4 is 4.72 Å². The summed E-state index contributed by atoms with van der Waals surface area (Å²) in [5.74, 6) is -0.329. The lowest BCUT2D eigenvalue weighted by Gasteiger charge is -2.11. The highest BCUT2D eigenvalue weighted by Crippen LogP contribution is 2.25. The highest BCUT2D eigenvalue weighted by Gasteiger charge is 2.46. The molecule has 0 heterocycles. The van der Waals surface area contributed by atoms with Crippen LogP contribution in [-0.4, -0.2) is 19.7 Å². The Kier molecular flexibility index (Phi) is 4.74. The van der Waals surface area contributed by atoms with Gasteiger partial charge in [0.25, 0.3) is 0 Å². The van der Waals surface area contributed by atoms with E-state index in [1.165, 1.54) is 16.9 Å². The Morgan fingerprint density at radius 2 is 1.65 bits per heavy atom. The summed E-state index contributed by atoms with van der Waals surface area (Å²) in [6.07, 6.45) is 0.0658. The molecular weight excluding hydrogens is 331 g/mol.